The Hall–Kier alpha value is -1.58. The maximum absolute atomic E-state index is 11.8. The van der Waals surface area contributed by atoms with Crippen LogP contribution in [0.25, 0.3) is 6.08 Å². The van der Waals surface area contributed by atoms with Crippen molar-refractivity contribution in [2.75, 3.05) is 0 Å². The van der Waals surface area contributed by atoms with Crippen LogP contribution >= 0.6 is 0 Å². The van der Waals surface area contributed by atoms with Gasteiger partial charge >= 0.3 is 6.18 Å². The Bertz CT molecular complexity index is 366. The first kappa shape index (κ1) is 12.5. The SMILES string of the molecule is O=C(CC/C=C/c1ccccc1)C(F)(F)F. The summed E-state index contributed by atoms with van der Waals surface area (Å²) in [4.78, 5) is 10.5. The van der Waals surface area contributed by atoms with Crippen LogP contribution in [0.2, 0.25) is 0 Å². The lowest BCUT2D eigenvalue weighted by Gasteiger charge is -2.02. The number of rotatable bonds is 4. The predicted molar refractivity (Wildman–Crippen MR) is 55.8 cm³/mol. The molecule has 0 amide bonds. The van der Waals surface area contributed by atoms with Gasteiger partial charge in [0, 0.05) is 6.42 Å². The summed E-state index contributed by atoms with van der Waals surface area (Å²) in [5.41, 5.74) is 0.905. The molecule has 0 aliphatic carbocycles. The average Bonchev–Trinajstić information content (AvgIpc) is 2.24. The molecule has 0 saturated carbocycles. The molecular formula is C12H11F3O. The third-order valence-corrected chi connectivity index (χ3v) is 1.96. The molecule has 0 radical (unpaired) electrons. The third-order valence-electron chi connectivity index (χ3n) is 1.96. The molecule has 1 nitrogen and oxygen atoms in total. The van der Waals surface area contributed by atoms with Crippen molar-refractivity contribution in [3.63, 3.8) is 0 Å². The molecule has 0 aromatic heterocycles. The van der Waals surface area contributed by atoms with Crippen LogP contribution in [0.5, 0.6) is 0 Å². The van der Waals surface area contributed by atoms with E-state index in [1.165, 1.54) is 0 Å². The molecule has 0 aliphatic heterocycles. The lowest BCUT2D eigenvalue weighted by atomic mass is 10.1. The van der Waals surface area contributed by atoms with E-state index in [4.69, 9.17) is 0 Å². The maximum atomic E-state index is 11.8. The fourth-order valence-electron chi connectivity index (χ4n) is 1.14. The smallest absolute Gasteiger partial charge is 0.290 e. The molecule has 1 aromatic rings. The Morgan fingerprint density at radius 3 is 2.38 bits per heavy atom. The summed E-state index contributed by atoms with van der Waals surface area (Å²) in [5, 5.41) is 0. The second-order valence-electron chi connectivity index (χ2n) is 3.27. The Morgan fingerprint density at radius 2 is 1.81 bits per heavy atom. The summed E-state index contributed by atoms with van der Waals surface area (Å²) in [7, 11) is 0. The van der Waals surface area contributed by atoms with Crippen LogP contribution in [0, 0.1) is 0 Å². The number of halogens is 3. The highest BCUT2D eigenvalue weighted by Gasteiger charge is 2.36. The molecule has 0 bridgehead atoms. The van der Waals surface area contributed by atoms with Gasteiger partial charge in [0.05, 0.1) is 0 Å². The van der Waals surface area contributed by atoms with Crippen molar-refractivity contribution in [2.24, 2.45) is 0 Å². The van der Waals surface area contributed by atoms with E-state index < -0.39 is 18.4 Å². The fraction of sp³-hybridized carbons (Fsp3) is 0.250. The largest absolute Gasteiger partial charge is 0.449 e. The zero-order chi connectivity index (χ0) is 12.0. The predicted octanol–water partition coefficient (Wildman–Crippen LogP) is 3.61. The van der Waals surface area contributed by atoms with E-state index in [2.05, 4.69) is 0 Å². The molecule has 86 valence electrons. The number of hydrogen-bond acceptors (Lipinski definition) is 1. The Labute approximate surface area is 91.6 Å². The van der Waals surface area contributed by atoms with Crippen LogP contribution in [0.1, 0.15) is 18.4 Å². The van der Waals surface area contributed by atoms with Gasteiger partial charge in [0.1, 0.15) is 0 Å². The van der Waals surface area contributed by atoms with Crippen LogP contribution in [0.4, 0.5) is 13.2 Å². The second-order valence-corrected chi connectivity index (χ2v) is 3.27. The number of Topliss-reactive ketones (excluding diaryl/α,β-unsaturated/α-hetero) is 1. The van der Waals surface area contributed by atoms with Gasteiger partial charge in [-0.1, -0.05) is 42.5 Å². The number of carbonyl (C=O) groups is 1. The molecule has 0 heterocycles. The molecular weight excluding hydrogens is 217 g/mol. The summed E-state index contributed by atoms with van der Waals surface area (Å²) in [5.74, 6) is -1.68. The molecule has 0 unspecified atom stereocenters. The lowest BCUT2D eigenvalue weighted by Crippen LogP contribution is -2.21. The van der Waals surface area contributed by atoms with Crippen LogP contribution in [0.3, 0.4) is 0 Å². The van der Waals surface area contributed by atoms with Crippen molar-refractivity contribution in [1.29, 1.82) is 0 Å². The highest BCUT2D eigenvalue weighted by atomic mass is 19.4. The minimum absolute atomic E-state index is 0.104. The Kier molecular flexibility index (Phi) is 4.28. The Morgan fingerprint density at radius 1 is 1.19 bits per heavy atom. The maximum Gasteiger partial charge on any atom is 0.449 e. The monoisotopic (exact) mass is 228 g/mol. The van der Waals surface area contributed by atoms with Crippen molar-refractivity contribution >= 4 is 11.9 Å². The zero-order valence-corrected chi connectivity index (χ0v) is 8.50. The molecule has 0 N–H and O–H groups in total. The normalized spacial score (nSPS) is 11.9. The van der Waals surface area contributed by atoms with E-state index in [9.17, 15) is 18.0 Å². The van der Waals surface area contributed by atoms with Gasteiger partial charge < -0.3 is 0 Å². The number of benzene rings is 1. The zero-order valence-electron chi connectivity index (χ0n) is 8.50. The number of allylic oxidation sites excluding steroid dienone is 1. The summed E-state index contributed by atoms with van der Waals surface area (Å²) >= 11 is 0. The van der Waals surface area contributed by atoms with E-state index in [0.29, 0.717) is 0 Å². The van der Waals surface area contributed by atoms with E-state index in [-0.39, 0.29) is 6.42 Å². The summed E-state index contributed by atoms with van der Waals surface area (Å²) in [6.07, 6.45) is -1.83. The lowest BCUT2D eigenvalue weighted by molar-refractivity contribution is -0.170. The van der Waals surface area contributed by atoms with Gasteiger partial charge in [-0.3, -0.25) is 4.79 Å². The summed E-state index contributed by atoms with van der Waals surface area (Å²) in [6, 6.07) is 9.19. The molecule has 0 saturated heterocycles. The van der Waals surface area contributed by atoms with Crippen molar-refractivity contribution in [3.8, 4) is 0 Å². The van der Waals surface area contributed by atoms with Gasteiger partial charge in [0.25, 0.3) is 0 Å². The standard InChI is InChI=1S/C12H11F3O/c13-12(14,15)11(16)9-5-4-8-10-6-2-1-3-7-10/h1-4,6-8H,5,9H2/b8-4+. The van der Waals surface area contributed by atoms with Crippen LogP contribution in [-0.4, -0.2) is 12.0 Å². The first-order chi connectivity index (χ1) is 7.50. The van der Waals surface area contributed by atoms with Gasteiger partial charge in [-0.15, -0.1) is 0 Å². The molecule has 0 aliphatic rings. The molecule has 0 fully saturated rings. The first-order valence-electron chi connectivity index (χ1n) is 4.82. The third kappa shape index (κ3) is 4.29. The number of alkyl halides is 3. The highest BCUT2D eigenvalue weighted by Crippen LogP contribution is 2.18. The van der Waals surface area contributed by atoms with Crippen molar-refractivity contribution < 1.29 is 18.0 Å². The topological polar surface area (TPSA) is 17.1 Å². The fourth-order valence-corrected chi connectivity index (χ4v) is 1.14. The molecule has 16 heavy (non-hydrogen) atoms. The quantitative estimate of drug-likeness (QED) is 0.769. The van der Waals surface area contributed by atoms with Gasteiger partial charge in [0.15, 0.2) is 0 Å². The van der Waals surface area contributed by atoms with Gasteiger partial charge in [-0.2, -0.15) is 13.2 Å². The average molecular weight is 228 g/mol. The van der Waals surface area contributed by atoms with Crippen LogP contribution in [0.15, 0.2) is 36.4 Å². The van der Waals surface area contributed by atoms with Gasteiger partial charge in [-0.25, -0.2) is 0 Å². The number of hydrogen-bond donors (Lipinski definition) is 0. The van der Waals surface area contributed by atoms with E-state index in [1.807, 2.05) is 30.3 Å². The molecule has 0 spiro atoms. The van der Waals surface area contributed by atoms with Gasteiger partial charge in [-0.05, 0) is 12.0 Å². The van der Waals surface area contributed by atoms with E-state index >= 15 is 0 Å². The Balaban J connectivity index is 2.37. The highest BCUT2D eigenvalue weighted by molar-refractivity contribution is 5.84. The minimum atomic E-state index is -4.71. The van der Waals surface area contributed by atoms with Crippen molar-refractivity contribution in [3.05, 3.63) is 42.0 Å². The molecule has 1 aromatic carbocycles. The molecule has 0 atom stereocenters. The minimum Gasteiger partial charge on any atom is -0.290 e. The van der Waals surface area contributed by atoms with Gasteiger partial charge in [0.2, 0.25) is 5.78 Å². The number of ketones is 1. The second kappa shape index (κ2) is 5.49. The molecule has 4 heteroatoms. The molecule has 1 rings (SSSR count). The van der Waals surface area contributed by atoms with E-state index in [1.54, 1.807) is 12.2 Å². The van der Waals surface area contributed by atoms with Crippen LogP contribution in [-0.2, 0) is 4.79 Å². The van der Waals surface area contributed by atoms with E-state index in [0.717, 1.165) is 5.56 Å². The van der Waals surface area contributed by atoms with Crippen LogP contribution < -0.4 is 0 Å². The number of carbonyl (C=O) groups excluding carboxylic acids is 1. The summed E-state index contributed by atoms with van der Waals surface area (Å²) in [6.45, 7) is 0. The summed E-state index contributed by atoms with van der Waals surface area (Å²) < 4.78 is 35.5. The first-order valence-corrected chi connectivity index (χ1v) is 4.82. The van der Waals surface area contributed by atoms with Crippen molar-refractivity contribution in [2.45, 2.75) is 19.0 Å². The van der Waals surface area contributed by atoms with Crippen molar-refractivity contribution in [1.82, 2.24) is 0 Å².